The summed E-state index contributed by atoms with van der Waals surface area (Å²) in [7, 11) is 1.65. The lowest BCUT2D eigenvalue weighted by Gasteiger charge is -2.13. The van der Waals surface area contributed by atoms with Crippen LogP contribution in [0.5, 0.6) is 5.75 Å². The molecule has 0 spiro atoms. The zero-order chi connectivity index (χ0) is 11.5. The number of hydrogen-bond donors (Lipinski definition) is 1. The zero-order valence-electron chi connectivity index (χ0n) is 9.75. The van der Waals surface area contributed by atoms with E-state index >= 15 is 0 Å². The summed E-state index contributed by atoms with van der Waals surface area (Å²) in [6.07, 6.45) is 3.44. The molecule has 0 aliphatic heterocycles. The van der Waals surface area contributed by atoms with Crippen LogP contribution in [0.4, 0.5) is 0 Å². The minimum absolute atomic E-state index is 0.0434. The van der Waals surface area contributed by atoms with E-state index in [2.05, 4.69) is 5.32 Å². The maximum Gasteiger partial charge on any atom is 0.251 e. The fourth-order valence-corrected chi connectivity index (χ4v) is 1.75. The number of carbonyl (C=O) groups is 1. The highest BCUT2D eigenvalue weighted by molar-refractivity contribution is 5.96. The number of hydrogen-bond acceptors (Lipinski definition) is 2. The van der Waals surface area contributed by atoms with Gasteiger partial charge < -0.3 is 10.1 Å². The monoisotopic (exact) mass is 219 g/mol. The van der Waals surface area contributed by atoms with Gasteiger partial charge in [0, 0.05) is 18.2 Å². The molecule has 16 heavy (non-hydrogen) atoms. The van der Waals surface area contributed by atoms with Gasteiger partial charge in [0.25, 0.3) is 5.91 Å². The van der Waals surface area contributed by atoms with Crippen LogP contribution in [0, 0.1) is 0 Å². The summed E-state index contributed by atoms with van der Waals surface area (Å²) in [6, 6.07) is 5.67. The first-order chi connectivity index (χ1) is 7.76. The second-order valence-corrected chi connectivity index (χ2v) is 4.03. The summed E-state index contributed by atoms with van der Waals surface area (Å²) in [5.74, 6) is 0.823. The summed E-state index contributed by atoms with van der Waals surface area (Å²) >= 11 is 0. The molecule has 0 aromatic heterocycles. The van der Waals surface area contributed by atoms with Crippen molar-refractivity contribution in [2.24, 2.45) is 0 Å². The van der Waals surface area contributed by atoms with Crippen molar-refractivity contribution in [3.63, 3.8) is 0 Å². The molecule has 1 amide bonds. The van der Waals surface area contributed by atoms with Gasteiger partial charge >= 0.3 is 0 Å². The van der Waals surface area contributed by atoms with Crippen LogP contribution in [0.2, 0.25) is 0 Å². The SMILES string of the molecule is CCc1c(OC2CC2)cccc1C(=O)NC. The Kier molecular flexibility index (Phi) is 3.13. The fourth-order valence-electron chi connectivity index (χ4n) is 1.75. The predicted molar refractivity (Wildman–Crippen MR) is 62.9 cm³/mol. The molecule has 1 aliphatic rings. The minimum atomic E-state index is -0.0434. The van der Waals surface area contributed by atoms with E-state index in [1.54, 1.807) is 7.05 Å². The maximum atomic E-state index is 11.7. The molecular weight excluding hydrogens is 202 g/mol. The number of benzene rings is 1. The highest BCUT2D eigenvalue weighted by Gasteiger charge is 2.25. The van der Waals surface area contributed by atoms with E-state index in [1.807, 2.05) is 25.1 Å². The van der Waals surface area contributed by atoms with Gasteiger partial charge in [0.15, 0.2) is 0 Å². The number of carbonyl (C=O) groups excluding carboxylic acids is 1. The summed E-state index contributed by atoms with van der Waals surface area (Å²) in [4.78, 5) is 11.7. The van der Waals surface area contributed by atoms with Crippen LogP contribution in [0.3, 0.4) is 0 Å². The number of nitrogens with one attached hydrogen (secondary N) is 1. The third kappa shape index (κ3) is 2.18. The number of rotatable bonds is 4. The molecule has 0 heterocycles. The van der Waals surface area contributed by atoms with Gasteiger partial charge in [-0.15, -0.1) is 0 Å². The van der Waals surface area contributed by atoms with Crippen molar-refractivity contribution in [1.29, 1.82) is 0 Å². The molecule has 0 saturated heterocycles. The summed E-state index contributed by atoms with van der Waals surface area (Å²) in [6.45, 7) is 2.04. The smallest absolute Gasteiger partial charge is 0.251 e. The average Bonchev–Trinajstić information content (AvgIpc) is 3.11. The van der Waals surface area contributed by atoms with Crippen LogP contribution in [0.25, 0.3) is 0 Å². The van der Waals surface area contributed by atoms with Crippen molar-refractivity contribution in [2.45, 2.75) is 32.3 Å². The average molecular weight is 219 g/mol. The quantitative estimate of drug-likeness (QED) is 0.842. The molecule has 1 saturated carbocycles. The summed E-state index contributed by atoms with van der Waals surface area (Å²) < 4.78 is 5.80. The van der Waals surface area contributed by atoms with Gasteiger partial charge in [-0.1, -0.05) is 13.0 Å². The largest absolute Gasteiger partial charge is 0.490 e. The van der Waals surface area contributed by atoms with Gasteiger partial charge in [-0.2, -0.15) is 0 Å². The van der Waals surface area contributed by atoms with Gasteiger partial charge in [0.05, 0.1) is 6.10 Å². The standard InChI is InChI=1S/C13H17NO2/c1-3-10-11(13(15)14-2)5-4-6-12(10)16-9-7-8-9/h4-6,9H,3,7-8H2,1-2H3,(H,14,15). The third-order valence-corrected chi connectivity index (χ3v) is 2.78. The molecule has 86 valence electrons. The van der Waals surface area contributed by atoms with Crippen LogP contribution >= 0.6 is 0 Å². The van der Waals surface area contributed by atoms with Crippen molar-refractivity contribution in [2.75, 3.05) is 7.05 Å². The molecule has 0 atom stereocenters. The van der Waals surface area contributed by atoms with E-state index in [1.165, 1.54) is 0 Å². The van der Waals surface area contributed by atoms with Gasteiger partial charge in [0.2, 0.25) is 0 Å². The zero-order valence-corrected chi connectivity index (χ0v) is 9.75. The van der Waals surface area contributed by atoms with Crippen LogP contribution in [-0.2, 0) is 6.42 Å². The predicted octanol–water partition coefficient (Wildman–Crippen LogP) is 2.15. The van der Waals surface area contributed by atoms with Crippen LogP contribution in [0.1, 0.15) is 35.7 Å². The van der Waals surface area contributed by atoms with Gasteiger partial charge in [-0.05, 0) is 31.4 Å². The molecule has 1 aliphatic carbocycles. The van der Waals surface area contributed by atoms with E-state index < -0.39 is 0 Å². The lowest BCUT2D eigenvalue weighted by molar-refractivity contribution is 0.0961. The molecule has 2 rings (SSSR count). The lowest BCUT2D eigenvalue weighted by Crippen LogP contribution is -2.20. The molecule has 0 unspecified atom stereocenters. The maximum absolute atomic E-state index is 11.7. The normalized spacial score (nSPS) is 14.6. The summed E-state index contributed by atoms with van der Waals surface area (Å²) in [5.41, 5.74) is 1.73. The van der Waals surface area contributed by atoms with E-state index in [4.69, 9.17) is 4.74 Å². The van der Waals surface area contributed by atoms with Crippen molar-refractivity contribution < 1.29 is 9.53 Å². The Bertz CT molecular complexity index is 397. The third-order valence-electron chi connectivity index (χ3n) is 2.78. The molecule has 0 radical (unpaired) electrons. The summed E-state index contributed by atoms with van der Waals surface area (Å²) in [5, 5.41) is 2.66. The number of ether oxygens (including phenoxy) is 1. The first kappa shape index (κ1) is 11.0. The van der Waals surface area contributed by atoms with Crippen LogP contribution in [0.15, 0.2) is 18.2 Å². The molecule has 3 nitrogen and oxygen atoms in total. The Labute approximate surface area is 95.8 Å². The van der Waals surface area contributed by atoms with E-state index in [0.717, 1.165) is 36.1 Å². The van der Waals surface area contributed by atoms with E-state index in [-0.39, 0.29) is 5.91 Å². The second-order valence-electron chi connectivity index (χ2n) is 4.03. The van der Waals surface area contributed by atoms with Crippen molar-refractivity contribution in [3.05, 3.63) is 29.3 Å². The van der Waals surface area contributed by atoms with Gasteiger partial charge in [-0.25, -0.2) is 0 Å². The Morgan fingerprint density at radius 3 is 2.81 bits per heavy atom. The van der Waals surface area contributed by atoms with Crippen LogP contribution in [-0.4, -0.2) is 19.1 Å². The Balaban J connectivity index is 2.32. The van der Waals surface area contributed by atoms with E-state index in [9.17, 15) is 4.79 Å². The first-order valence-electron chi connectivity index (χ1n) is 5.77. The van der Waals surface area contributed by atoms with Crippen molar-refractivity contribution >= 4 is 5.91 Å². The van der Waals surface area contributed by atoms with Gasteiger partial charge in [-0.3, -0.25) is 4.79 Å². The lowest BCUT2D eigenvalue weighted by atomic mass is 10.0. The second kappa shape index (κ2) is 4.56. The van der Waals surface area contributed by atoms with E-state index in [0.29, 0.717) is 6.10 Å². The van der Waals surface area contributed by atoms with Crippen molar-refractivity contribution in [1.82, 2.24) is 5.32 Å². The first-order valence-corrected chi connectivity index (χ1v) is 5.77. The molecule has 1 fully saturated rings. The molecule has 1 N–H and O–H groups in total. The minimum Gasteiger partial charge on any atom is -0.490 e. The molecular formula is C13H17NO2. The fraction of sp³-hybridized carbons (Fsp3) is 0.462. The topological polar surface area (TPSA) is 38.3 Å². The Morgan fingerprint density at radius 2 is 2.25 bits per heavy atom. The van der Waals surface area contributed by atoms with Crippen molar-refractivity contribution in [3.8, 4) is 5.75 Å². The molecule has 3 heteroatoms. The Hall–Kier alpha value is -1.51. The molecule has 1 aromatic rings. The van der Waals surface area contributed by atoms with Crippen LogP contribution < -0.4 is 10.1 Å². The Morgan fingerprint density at radius 1 is 1.50 bits per heavy atom. The van der Waals surface area contributed by atoms with Gasteiger partial charge in [0.1, 0.15) is 5.75 Å². The molecule has 1 aromatic carbocycles. The molecule has 0 bridgehead atoms. The highest BCUT2D eigenvalue weighted by atomic mass is 16.5. The highest BCUT2D eigenvalue weighted by Crippen LogP contribution is 2.30. The number of amides is 1.